The van der Waals surface area contributed by atoms with E-state index in [0.29, 0.717) is 11.3 Å². The topological polar surface area (TPSA) is 71.5 Å². The smallest absolute Gasteiger partial charge is 0.274 e. The van der Waals surface area contributed by atoms with Gasteiger partial charge in [0, 0.05) is 24.7 Å². The van der Waals surface area contributed by atoms with Crippen molar-refractivity contribution in [2.75, 3.05) is 16.8 Å². The van der Waals surface area contributed by atoms with E-state index in [2.05, 4.69) is 4.98 Å². The van der Waals surface area contributed by atoms with Crippen LogP contribution in [0.3, 0.4) is 0 Å². The summed E-state index contributed by atoms with van der Waals surface area (Å²) in [5.41, 5.74) is -0.823. The molecule has 1 aliphatic rings. The highest BCUT2D eigenvalue weighted by molar-refractivity contribution is 5.99. The predicted molar refractivity (Wildman–Crippen MR) is 110 cm³/mol. The summed E-state index contributed by atoms with van der Waals surface area (Å²) >= 11 is 0. The van der Waals surface area contributed by atoms with Crippen LogP contribution in [0.5, 0.6) is 5.75 Å². The first kappa shape index (κ1) is 23.1. The number of anilines is 2. The molecule has 1 unspecified atom stereocenters. The monoisotopic (exact) mass is 477 g/mol. The molecule has 0 saturated heterocycles. The molecule has 1 atom stereocenters. The first-order valence-electron chi connectivity index (χ1n) is 10.1. The Bertz CT molecular complexity index is 1230. The first-order valence-corrected chi connectivity index (χ1v) is 10.1. The van der Waals surface area contributed by atoms with Gasteiger partial charge in [-0.1, -0.05) is 30.3 Å². The van der Waals surface area contributed by atoms with Crippen LogP contribution in [0.15, 0.2) is 48.7 Å². The lowest BCUT2D eigenvalue weighted by Gasteiger charge is -2.33. The number of carbonyl (C=O) groups excluding carboxylic acids is 2. The van der Waals surface area contributed by atoms with Crippen LogP contribution in [0.4, 0.5) is 33.5 Å². The molecule has 34 heavy (non-hydrogen) atoms. The van der Waals surface area contributed by atoms with Gasteiger partial charge in [-0.05, 0) is 18.6 Å². The van der Waals surface area contributed by atoms with Gasteiger partial charge in [-0.15, -0.1) is 0 Å². The van der Waals surface area contributed by atoms with Gasteiger partial charge in [0.25, 0.3) is 5.91 Å². The number of rotatable bonds is 6. The van der Waals surface area contributed by atoms with E-state index in [1.54, 1.807) is 47.8 Å². The summed E-state index contributed by atoms with van der Waals surface area (Å²) in [4.78, 5) is 30.7. The van der Waals surface area contributed by atoms with Crippen molar-refractivity contribution in [3.05, 3.63) is 83.3 Å². The minimum Gasteiger partial charge on any atom is -0.472 e. The second kappa shape index (κ2) is 9.46. The summed E-state index contributed by atoms with van der Waals surface area (Å²) in [7, 11) is 0. The van der Waals surface area contributed by atoms with Crippen LogP contribution in [0.1, 0.15) is 24.5 Å². The SMILES string of the molecule is O=C(CCCN1C(=O)C(c2ccccc2)Oc2cccnc21)Nc1c(F)c(F)c(F)c(F)c1F. The number of aromatic nitrogens is 1. The summed E-state index contributed by atoms with van der Waals surface area (Å²) in [6.07, 6.45) is 0.147. The second-order valence-corrected chi connectivity index (χ2v) is 7.32. The molecule has 0 fully saturated rings. The number of benzene rings is 2. The molecule has 1 aliphatic heterocycles. The number of carbonyl (C=O) groups is 2. The zero-order chi connectivity index (χ0) is 24.4. The number of nitrogens with one attached hydrogen (secondary N) is 1. The number of hydrogen-bond acceptors (Lipinski definition) is 4. The maximum atomic E-state index is 13.8. The molecule has 176 valence electrons. The average molecular weight is 477 g/mol. The Morgan fingerprint density at radius 1 is 0.941 bits per heavy atom. The Balaban J connectivity index is 1.47. The maximum Gasteiger partial charge on any atom is 0.274 e. The third-order valence-corrected chi connectivity index (χ3v) is 5.10. The van der Waals surface area contributed by atoms with Gasteiger partial charge in [0.15, 0.2) is 34.8 Å². The van der Waals surface area contributed by atoms with Gasteiger partial charge in [0.2, 0.25) is 17.8 Å². The molecule has 6 nitrogen and oxygen atoms in total. The Kier molecular flexibility index (Phi) is 6.44. The molecular formula is C23H16F5N3O3. The van der Waals surface area contributed by atoms with Crippen molar-refractivity contribution in [2.45, 2.75) is 18.9 Å². The van der Waals surface area contributed by atoms with Crippen molar-refractivity contribution < 1.29 is 36.3 Å². The highest BCUT2D eigenvalue weighted by Gasteiger charge is 2.36. The maximum absolute atomic E-state index is 13.8. The Morgan fingerprint density at radius 3 is 2.26 bits per heavy atom. The van der Waals surface area contributed by atoms with Crippen molar-refractivity contribution in [1.82, 2.24) is 4.98 Å². The van der Waals surface area contributed by atoms with Crippen LogP contribution < -0.4 is 15.0 Å². The molecule has 0 saturated carbocycles. The molecule has 0 radical (unpaired) electrons. The van der Waals surface area contributed by atoms with Crippen LogP contribution in [0.25, 0.3) is 0 Å². The number of hydrogen-bond donors (Lipinski definition) is 1. The van der Waals surface area contributed by atoms with E-state index in [-0.39, 0.29) is 25.2 Å². The number of fused-ring (bicyclic) bond motifs is 1. The van der Waals surface area contributed by atoms with Gasteiger partial charge in [-0.3, -0.25) is 14.5 Å². The van der Waals surface area contributed by atoms with E-state index < -0.39 is 52.7 Å². The summed E-state index contributed by atoms with van der Waals surface area (Å²) in [5.74, 6) is -11.8. The molecule has 0 bridgehead atoms. The van der Waals surface area contributed by atoms with Crippen LogP contribution in [0.2, 0.25) is 0 Å². The van der Waals surface area contributed by atoms with Gasteiger partial charge < -0.3 is 10.1 Å². The third kappa shape index (κ3) is 4.28. The standard InChI is InChI=1S/C23H16F5N3O3/c24-15-16(25)18(27)20(19(28)17(15)26)30-14(32)9-5-11-31-22-13(8-4-10-29-22)34-21(23(31)33)12-6-2-1-3-7-12/h1-4,6-8,10,21H,5,9,11H2,(H,30,32). The van der Waals surface area contributed by atoms with Crippen molar-refractivity contribution in [3.63, 3.8) is 0 Å². The Hall–Kier alpha value is -4.02. The fourth-order valence-corrected chi connectivity index (χ4v) is 3.47. The Morgan fingerprint density at radius 2 is 1.59 bits per heavy atom. The van der Waals surface area contributed by atoms with E-state index >= 15 is 0 Å². The van der Waals surface area contributed by atoms with Crippen molar-refractivity contribution in [2.24, 2.45) is 0 Å². The molecule has 0 spiro atoms. The van der Waals surface area contributed by atoms with Crippen molar-refractivity contribution in [3.8, 4) is 5.75 Å². The lowest BCUT2D eigenvalue weighted by molar-refractivity contribution is -0.127. The van der Waals surface area contributed by atoms with Gasteiger partial charge in [-0.2, -0.15) is 0 Å². The zero-order valence-electron chi connectivity index (χ0n) is 17.3. The number of pyridine rings is 1. The third-order valence-electron chi connectivity index (χ3n) is 5.10. The lowest BCUT2D eigenvalue weighted by atomic mass is 10.1. The highest BCUT2D eigenvalue weighted by Crippen LogP contribution is 2.37. The van der Waals surface area contributed by atoms with Gasteiger partial charge in [0.1, 0.15) is 5.69 Å². The molecule has 3 aromatic rings. The molecule has 11 heteroatoms. The van der Waals surface area contributed by atoms with E-state index in [4.69, 9.17) is 4.74 Å². The fourth-order valence-electron chi connectivity index (χ4n) is 3.47. The summed E-state index contributed by atoms with van der Waals surface area (Å²) in [5, 5.41) is 1.71. The largest absolute Gasteiger partial charge is 0.472 e. The number of nitrogens with zero attached hydrogens (tertiary/aromatic N) is 2. The number of amides is 2. The Labute approximate surface area is 190 Å². The molecule has 0 aliphatic carbocycles. The highest BCUT2D eigenvalue weighted by atomic mass is 19.2. The molecule has 4 rings (SSSR count). The van der Waals surface area contributed by atoms with E-state index in [9.17, 15) is 31.5 Å². The molecular weight excluding hydrogens is 461 g/mol. The van der Waals surface area contributed by atoms with Gasteiger partial charge in [0.05, 0.1) is 0 Å². The zero-order valence-corrected chi connectivity index (χ0v) is 17.3. The quantitative estimate of drug-likeness (QED) is 0.319. The second-order valence-electron chi connectivity index (χ2n) is 7.32. The summed E-state index contributed by atoms with van der Waals surface area (Å²) in [6, 6.07) is 12.0. The van der Waals surface area contributed by atoms with Crippen molar-refractivity contribution in [1.29, 1.82) is 0 Å². The van der Waals surface area contributed by atoms with Crippen LogP contribution >= 0.6 is 0 Å². The minimum atomic E-state index is -2.32. The molecule has 1 aromatic heterocycles. The summed E-state index contributed by atoms with van der Waals surface area (Å²) < 4.78 is 73.2. The fraction of sp³-hybridized carbons (Fsp3) is 0.174. The first-order chi connectivity index (χ1) is 16.3. The van der Waals surface area contributed by atoms with Crippen molar-refractivity contribution >= 4 is 23.3 Å². The lowest BCUT2D eigenvalue weighted by Crippen LogP contribution is -2.42. The van der Waals surface area contributed by atoms with Gasteiger partial charge >= 0.3 is 0 Å². The summed E-state index contributed by atoms with van der Waals surface area (Å²) in [6.45, 7) is -0.0138. The molecule has 1 N–H and O–H groups in total. The molecule has 2 heterocycles. The normalized spacial score (nSPS) is 15.0. The minimum absolute atomic E-state index is 0.00446. The molecule has 2 aromatic carbocycles. The van der Waals surface area contributed by atoms with E-state index in [1.807, 2.05) is 0 Å². The predicted octanol–water partition coefficient (Wildman–Crippen LogP) is 4.66. The molecule has 2 amide bonds. The number of ether oxygens (including phenoxy) is 1. The number of halogens is 5. The van der Waals surface area contributed by atoms with E-state index in [0.717, 1.165) is 0 Å². The van der Waals surface area contributed by atoms with Crippen LogP contribution in [-0.2, 0) is 9.59 Å². The van der Waals surface area contributed by atoms with Gasteiger partial charge in [-0.25, -0.2) is 26.9 Å². The average Bonchev–Trinajstić information content (AvgIpc) is 2.86. The van der Waals surface area contributed by atoms with Crippen LogP contribution in [0, 0.1) is 29.1 Å². The van der Waals surface area contributed by atoms with E-state index in [1.165, 1.54) is 11.1 Å². The van der Waals surface area contributed by atoms with Crippen LogP contribution in [-0.4, -0.2) is 23.3 Å².